The lowest BCUT2D eigenvalue weighted by Crippen LogP contribution is -2.31. The van der Waals surface area contributed by atoms with Crippen molar-refractivity contribution in [2.45, 2.75) is 18.7 Å². The minimum atomic E-state index is -3.60. The molecule has 0 aliphatic heterocycles. The van der Waals surface area contributed by atoms with Gasteiger partial charge in [0.15, 0.2) is 5.76 Å². The van der Waals surface area contributed by atoms with Crippen LogP contribution in [0.4, 0.5) is 0 Å². The number of halogens is 1. The van der Waals surface area contributed by atoms with Gasteiger partial charge < -0.3 is 15.1 Å². The Kier molecular flexibility index (Phi) is 7.94. The lowest BCUT2D eigenvalue weighted by atomic mass is 10.4. The second-order valence-electron chi connectivity index (χ2n) is 4.43. The topological polar surface area (TPSA) is 91.6 Å². The highest BCUT2D eigenvalue weighted by Gasteiger charge is 2.25. The average molecular weight is 340 g/mol. The molecule has 9 heteroatoms. The average Bonchev–Trinajstić information content (AvgIpc) is 2.77. The Balaban J connectivity index is 0.00000400. The highest BCUT2D eigenvalue weighted by atomic mass is 35.5. The second-order valence-corrected chi connectivity index (χ2v) is 6.55. The van der Waals surface area contributed by atoms with Crippen molar-refractivity contribution in [3.63, 3.8) is 0 Å². The van der Waals surface area contributed by atoms with E-state index in [1.165, 1.54) is 27.1 Å². The summed E-state index contributed by atoms with van der Waals surface area (Å²) in [6, 6.07) is 1.26. The quantitative estimate of drug-likeness (QED) is 0.710. The van der Waals surface area contributed by atoms with Crippen LogP contribution in [0.3, 0.4) is 0 Å². The molecule has 0 spiro atoms. The van der Waals surface area contributed by atoms with Crippen LogP contribution < -0.4 is 10.6 Å². The zero-order chi connectivity index (χ0) is 15.3. The van der Waals surface area contributed by atoms with Gasteiger partial charge in [0, 0.05) is 33.3 Å². The maximum atomic E-state index is 12.0. The number of sulfonamides is 1. The molecule has 0 saturated heterocycles. The molecule has 0 aromatic carbocycles. The van der Waals surface area contributed by atoms with Crippen LogP contribution >= 0.6 is 12.4 Å². The summed E-state index contributed by atoms with van der Waals surface area (Å²) in [5.74, 6) is -0.221. The third kappa shape index (κ3) is 4.99. The summed E-state index contributed by atoms with van der Waals surface area (Å²) < 4.78 is 30.3. The van der Waals surface area contributed by atoms with Crippen molar-refractivity contribution in [3.05, 3.63) is 17.6 Å². The van der Waals surface area contributed by atoms with Gasteiger partial charge in [-0.1, -0.05) is 6.92 Å². The van der Waals surface area contributed by atoms with Gasteiger partial charge in [0.1, 0.15) is 10.7 Å². The molecule has 0 saturated carbocycles. The Bertz CT molecular complexity index is 569. The first-order valence-corrected chi connectivity index (χ1v) is 7.76. The highest BCUT2D eigenvalue weighted by molar-refractivity contribution is 7.89. The summed E-state index contributed by atoms with van der Waals surface area (Å²) in [6.07, 6.45) is 0. The van der Waals surface area contributed by atoms with E-state index in [2.05, 4.69) is 10.6 Å². The first-order valence-electron chi connectivity index (χ1n) is 6.32. The Labute approximate surface area is 131 Å². The maximum absolute atomic E-state index is 12.0. The van der Waals surface area contributed by atoms with Crippen LogP contribution in [0.15, 0.2) is 15.4 Å². The largest absolute Gasteiger partial charge is 0.455 e. The highest BCUT2D eigenvalue weighted by Crippen LogP contribution is 2.22. The molecule has 1 amide bonds. The van der Waals surface area contributed by atoms with Crippen molar-refractivity contribution < 1.29 is 17.6 Å². The monoisotopic (exact) mass is 339 g/mol. The van der Waals surface area contributed by atoms with Crippen LogP contribution in [0.2, 0.25) is 0 Å². The summed E-state index contributed by atoms with van der Waals surface area (Å²) >= 11 is 0. The van der Waals surface area contributed by atoms with E-state index in [9.17, 15) is 13.2 Å². The Morgan fingerprint density at radius 1 is 1.33 bits per heavy atom. The Morgan fingerprint density at radius 3 is 2.48 bits per heavy atom. The van der Waals surface area contributed by atoms with Crippen LogP contribution in [-0.4, -0.2) is 52.4 Å². The van der Waals surface area contributed by atoms with Gasteiger partial charge >= 0.3 is 0 Å². The van der Waals surface area contributed by atoms with Gasteiger partial charge in [-0.3, -0.25) is 4.79 Å². The van der Waals surface area contributed by atoms with Gasteiger partial charge in [0.25, 0.3) is 5.91 Å². The van der Waals surface area contributed by atoms with Gasteiger partial charge in [-0.2, -0.15) is 0 Å². The van der Waals surface area contributed by atoms with Crippen LogP contribution in [0.25, 0.3) is 0 Å². The minimum Gasteiger partial charge on any atom is -0.455 e. The fourth-order valence-electron chi connectivity index (χ4n) is 1.56. The molecule has 7 nitrogen and oxygen atoms in total. The lowest BCUT2D eigenvalue weighted by Gasteiger charge is -2.09. The van der Waals surface area contributed by atoms with Crippen LogP contribution in [0, 0.1) is 6.92 Å². The first kappa shape index (κ1) is 19.9. The van der Waals surface area contributed by atoms with Gasteiger partial charge in [0.2, 0.25) is 10.0 Å². The minimum absolute atomic E-state index is 0. The first-order chi connectivity index (χ1) is 9.30. The summed E-state index contributed by atoms with van der Waals surface area (Å²) in [6.45, 7) is 5.40. The predicted molar refractivity (Wildman–Crippen MR) is 82.4 cm³/mol. The molecule has 1 aromatic rings. The van der Waals surface area contributed by atoms with Crippen LogP contribution in [0.1, 0.15) is 23.2 Å². The van der Waals surface area contributed by atoms with E-state index >= 15 is 0 Å². The number of rotatable bonds is 7. The molecular weight excluding hydrogens is 318 g/mol. The molecule has 0 bridgehead atoms. The summed E-state index contributed by atoms with van der Waals surface area (Å²) in [7, 11) is -0.745. The van der Waals surface area contributed by atoms with Crippen molar-refractivity contribution >= 4 is 28.3 Å². The third-order valence-corrected chi connectivity index (χ3v) is 4.61. The van der Waals surface area contributed by atoms with E-state index in [1.54, 1.807) is 0 Å². The smallest absolute Gasteiger partial charge is 0.287 e. The van der Waals surface area contributed by atoms with Crippen LogP contribution in [-0.2, 0) is 10.0 Å². The van der Waals surface area contributed by atoms with E-state index in [0.29, 0.717) is 13.1 Å². The number of carbonyl (C=O) groups is 1. The number of carbonyl (C=O) groups excluding carboxylic acids is 1. The molecule has 1 rings (SSSR count). The van der Waals surface area contributed by atoms with Gasteiger partial charge in [-0.25, -0.2) is 12.7 Å². The van der Waals surface area contributed by atoms with Crippen molar-refractivity contribution in [2.24, 2.45) is 0 Å². The number of furan rings is 1. The molecule has 1 aromatic heterocycles. The predicted octanol–water partition coefficient (Wildman–Crippen LogP) is 0.599. The number of nitrogens with zero attached hydrogens (tertiary/aromatic N) is 1. The van der Waals surface area contributed by atoms with Crippen molar-refractivity contribution in [2.75, 3.05) is 33.7 Å². The van der Waals surface area contributed by atoms with Crippen molar-refractivity contribution in [1.29, 1.82) is 0 Å². The van der Waals surface area contributed by atoms with E-state index in [4.69, 9.17) is 4.42 Å². The molecule has 0 aliphatic carbocycles. The molecule has 0 unspecified atom stereocenters. The summed E-state index contributed by atoms with van der Waals surface area (Å²) in [5.41, 5.74) is 0. The summed E-state index contributed by atoms with van der Waals surface area (Å²) in [4.78, 5) is 11.8. The number of hydrogen-bond donors (Lipinski definition) is 2. The number of nitrogens with one attached hydrogen (secondary N) is 2. The molecule has 2 N–H and O–H groups in total. The number of likely N-dealkylation sites (N-methyl/N-ethyl adjacent to an activating group) is 1. The van der Waals surface area contributed by atoms with E-state index in [1.807, 2.05) is 6.92 Å². The van der Waals surface area contributed by atoms with Crippen molar-refractivity contribution in [3.8, 4) is 0 Å². The number of aryl methyl sites for hydroxylation is 1. The lowest BCUT2D eigenvalue weighted by molar-refractivity contribution is 0.0925. The zero-order valence-corrected chi connectivity index (χ0v) is 14.2. The molecule has 0 fully saturated rings. The zero-order valence-electron chi connectivity index (χ0n) is 12.6. The molecule has 1 heterocycles. The fourth-order valence-corrected chi connectivity index (χ4v) is 2.61. The van der Waals surface area contributed by atoms with E-state index in [0.717, 1.165) is 10.8 Å². The molecule has 0 atom stereocenters. The van der Waals surface area contributed by atoms with Gasteiger partial charge in [-0.05, 0) is 13.5 Å². The Morgan fingerprint density at radius 2 is 1.95 bits per heavy atom. The molecule has 0 aliphatic rings. The Hall–Kier alpha value is -1.09. The normalized spacial score (nSPS) is 11.3. The number of hydrogen-bond acceptors (Lipinski definition) is 5. The fraction of sp³-hybridized carbons (Fsp3) is 0.583. The van der Waals surface area contributed by atoms with Crippen molar-refractivity contribution in [1.82, 2.24) is 14.9 Å². The van der Waals surface area contributed by atoms with Crippen LogP contribution in [0.5, 0.6) is 0 Å². The maximum Gasteiger partial charge on any atom is 0.287 e. The third-order valence-electron chi connectivity index (χ3n) is 2.69. The SMILES string of the molecule is CCNCCNC(=O)c1cc(S(=O)(=O)N(C)C)c(C)o1.Cl. The second kappa shape index (κ2) is 8.38. The summed E-state index contributed by atoms with van der Waals surface area (Å²) in [5, 5.41) is 5.71. The van der Waals surface area contributed by atoms with E-state index < -0.39 is 15.9 Å². The van der Waals surface area contributed by atoms with E-state index in [-0.39, 0.29) is 28.8 Å². The molecule has 122 valence electrons. The molecular formula is C12H22ClN3O4S. The molecule has 0 radical (unpaired) electrons. The standard InChI is InChI=1S/C12H21N3O4S.ClH/c1-5-13-6-7-14-12(16)10-8-11(9(2)19-10)20(17,18)15(3)4;/h8,13H,5-7H2,1-4H3,(H,14,16);1H. The van der Waals surface area contributed by atoms with Gasteiger partial charge in [-0.15, -0.1) is 12.4 Å². The van der Waals surface area contributed by atoms with Gasteiger partial charge in [0.05, 0.1) is 0 Å². The number of amides is 1. The molecule has 21 heavy (non-hydrogen) atoms.